The molecule has 0 radical (unpaired) electrons. The molecule has 0 aliphatic carbocycles. The van der Waals surface area contributed by atoms with Crippen LogP contribution in [-0.4, -0.2) is 6.08 Å². The third kappa shape index (κ3) is 3.69. The summed E-state index contributed by atoms with van der Waals surface area (Å²) in [4.78, 5) is 13.9. The van der Waals surface area contributed by atoms with Gasteiger partial charge in [-0.05, 0) is 30.4 Å². The van der Waals surface area contributed by atoms with Crippen molar-refractivity contribution < 1.29 is 4.79 Å². The van der Waals surface area contributed by atoms with Crippen LogP contribution in [-0.2, 0) is 11.2 Å². The second-order valence-electron chi connectivity index (χ2n) is 4.24. The van der Waals surface area contributed by atoms with Crippen LogP contribution in [0.25, 0.3) is 0 Å². The number of benzene rings is 1. The lowest BCUT2D eigenvalue weighted by molar-refractivity contribution is 0.559. The van der Waals surface area contributed by atoms with Gasteiger partial charge in [0.25, 0.3) is 0 Å². The summed E-state index contributed by atoms with van der Waals surface area (Å²) in [5.74, 6) is 0.644. The Labute approximate surface area is 91.0 Å². The molecule has 1 atom stereocenters. The topological polar surface area (TPSA) is 29.4 Å². The molecule has 0 heterocycles. The molecule has 0 bridgehead atoms. The normalized spacial score (nSPS) is 12.3. The van der Waals surface area contributed by atoms with E-state index in [1.54, 1.807) is 6.08 Å². The number of carbonyl (C=O) groups excluding carboxylic acids is 1. The summed E-state index contributed by atoms with van der Waals surface area (Å²) < 4.78 is 0. The van der Waals surface area contributed by atoms with Gasteiger partial charge in [-0.1, -0.05) is 38.1 Å². The molecular weight excluding hydrogens is 186 g/mol. The van der Waals surface area contributed by atoms with Crippen LogP contribution in [0.2, 0.25) is 0 Å². The van der Waals surface area contributed by atoms with Gasteiger partial charge < -0.3 is 0 Å². The van der Waals surface area contributed by atoms with E-state index in [1.807, 2.05) is 19.1 Å². The largest absolute Gasteiger partial charge is 0.235 e. The highest BCUT2D eigenvalue weighted by atomic mass is 16.1. The minimum absolute atomic E-state index is 0.0883. The van der Waals surface area contributed by atoms with Crippen molar-refractivity contribution >= 4 is 6.08 Å². The molecule has 80 valence electrons. The van der Waals surface area contributed by atoms with E-state index in [4.69, 9.17) is 0 Å². The van der Waals surface area contributed by atoms with E-state index in [-0.39, 0.29) is 6.04 Å². The molecule has 1 rings (SSSR count). The molecule has 0 aromatic heterocycles. The number of hydrogen-bond acceptors (Lipinski definition) is 2. The first-order valence-corrected chi connectivity index (χ1v) is 5.29. The zero-order valence-electron chi connectivity index (χ0n) is 9.53. The van der Waals surface area contributed by atoms with E-state index in [0.717, 1.165) is 12.0 Å². The van der Waals surface area contributed by atoms with Crippen LogP contribution in [0.15, 0.2) is 29.3 Å². The van der Waals surface area contributed by atoms with Crippen molar-refractivity contribution in [1.82, 2.24) is 0 Å². The van der Waals surface area contributed by atoms with Crippen molar-refractivity contribution in [2.75, 3.05) is 0 Å². The second-order valence-corrected chi connectivity index (χ2v) is 4.24. The van der Waals surface area contributed by atoms with E-state index >= 15 is 0 Å². The monoisotopic (exact) mass is 203 g/mol. The third-order valence-corrected chi connectivity index (χ3v) is 2.32. The van der Waals surface area contributed by atoms with Gasteiger partial charge in [-0.15, -0.1) is 0 Å². The molecular formula is C13H17NO. The highest BCUT2D eigenvalue weighted by Crippen LogP contribution is 2.18. The highest BCUT2D eigenvalue weighted by molar-refractivity contribution is 5.36. The molecule has 0 saturated carbocycles. The van der Waals surface area contributed by atoms with Gasteiger partial charge in [-0.25, -0.2) is 4.79 Å². The van der Waals surface area contributed by atoms with Gasteiger partial charge in [0.15, 0.2) is 0 Å². The van der Waals surface area contributed by atoms with E-state index in [9.17, 15) is 4.79 Å². The molecule has 15 heavy (non-hydrogen) atoms. The van der Waals surface area contributed by atoms with Gasteiger partial charge in [0, 0.05) is 0 Å². The van der Waals surface area contributed by atoms with Crippen molar-refractivity contribution in [3.63, 3.8) is 0 Å². The van der Waals surface area contributed by atoms with Crippen LogP contribution in [0.4, 0.5) is 0 Å². The maximum absolute atomic E-state index is 10.2. The van der Waals surface area contributed by atoms with E-state index < -0.39 is 0 Å². The average molecular weight is 203 g/mol. The van der Waals surface area contributed by atoms with E-state index in [2.05, 4.69) is 31.0 Å². The van der Waals surface area contributed by atoms with Gasteiger partial charge in [0.1, 0.15) is 0 Å². The number of aliphatic imine (C=N–C) groups is 1. The first-order chi connectivity index (χ1) is 7.13. The minimum Gasteiger partial charge on any atom is -0.211 e. The smallest absolute Gasteiger partial charge is 0.211 e. The highest BCUT2D eigenvalue weighted by Gasteiger charge is 2.04. The molecule has 0 saturated heterocycles. The summed E-state index contributed by atoms with van der Waals surface area (Å²) in [6.45, 7) is 6.29. The van der Waals surface area contributed by atoms with E-state index in [1.165, 1.54) is 5.56 Å². The van der Waals surface area contributed by atoms with Gasteiger partial charge in [0.2, 0.25) is 6.08 Å². The molecule has 2 heteroatoms. The van der Waals surface area contributed by atoms with Crippen LogP contribution in [0.1, 0.15) is 37.9 Å². The summed E-state index contributed by atoms with van der Waals surface area (Å²) in [5.41, 5.74) is 2.38. The van der Waals surface area contributed by atoms with Crippen LogP contribution < -0.4 is 0 Å². The third-order valence-electron chi connectivity index (χ3n) is 2.32. The lowest BCUT2D eigenvalue weighted by Gasteiger charge is -2.09. The Morgan fingerprint density at radius 3 is 2.67 bits per heavy atom. The zero-order chi connectivity index (χ0) is 11.3. The number of nitrogens with zero attached hydrogens (tertiary/aromatic N) is 1. The van der Waals surface area contributed by atoms with Crippen molar-refractivity contribution in [3.8, 4) is 0 Å². The zero-order valence-corrected chi connectivity index (χ0v) is 9.53. The number of rotatable bonds is 4. The molecule has 1 aromatic carbocycles. The molecule has 0 amide bonds. The molecule has 0 N–H and O–H groups in total. The van der Waals surface area contributed by atoms with Crippen molar-refractivity contribution in [2.45, 2.75) is 33.2 Å². The summed E-state index contributed by atoms with van der Waals surface area (Å²) in [7, 11) is 0. The Bertz CT molecular complexity index is 365. The average Bonchev–Trinajstić information content (AvgIpc) is 2.17. The van der Waals surface area contributed by atoms with Crippen molar-refractivity contribution in [2.24, 2.45) is 10.9 Å². The Morgan fingerprint density at radius 1 is 1.33 bits per heavy atom. The van der Waals surface area contributed by atoms with Gasteiger partial charge in [0.05, 0.1) is 6.04 Å². The lowest BCUT2D eigenvalue weighted by atomic mass is 9.99. The Balaban J connectivity index is 2.86. The fraction of sp³-hybridized carbons (Fsp3) is 0.462. The quantitative estimate of drug-likeness (QED) is 0.545. The summed E-state index contributed by atoms with van der Waals surface area (Å²) >= 11 is 0. The standard InChI is InChI=1S/C13H17NO/c1-10(2)7-12-5-4-6-13(8-12)11(3)14-9-15/h4-6,8,10-11H,7H2,1-3H3. The summed E-state index contributed by atoms with van der Waals surface area (Å²) in [5, 5.41) is 0. The van der Waals surface area contributed by atoms with Crippen LogP contribution in [0.3, 0.4) is 0 Å². The van der Waals surface area contributed by atoms with Crippen molar-refractivity contribution in [1.29, 1.82) is 0 Å². The fourth-order valence-corrected chi connectivity index (χ4v) is 1.60. The maximum Gasteiger partial charge on any atom is 0.235 e. The second kappa shape index (κ2) is 5.47. The number of hydrogen-bond donors (Lipinski definition) is 0. The van der Waals surface area contributed by atoms with Gasteiger partial charge in [-0.3, -0.25) is 0 Å². The predicted molar refractivity (Wildman–Crippen MR) is 61.5 cm³/mol. The fourth-order valence-electron chi connectivity index (χ4n) is 1.60. The van der Waals surface area contributed by atoms with Crippen LogP contribution in [0.5, 0.6) is 0 Å². The SMILES string of the molecule is CC(C)Cc1cccc(C(C)N=C=O)c1. The molecule has 0 aliphatic heterocycles. The molecule has 2 nitrogen and oxygen atoms in total. The van der Waals surface area contributed by atoms with E-state index in [0.29, 0.717) is 5.92 Å². The first-order valence-electron chi connectivity index (χ1n) is 5.29. The molecule has 0 fully saturated rings. The summed E-state index contributed by atoms with van der Waals surface area (Å²) in [6, 6.07) is 8.15. The Kier molecular flexibility index (Phi) is 4.26. The van der Waals surface area contributed by atoms with Gasteiger partial charge >= 0.3 is 0 Å². The molecule has 0 spiro atoms. The Morgan fingerprint density at radius 2 is 2.07 bits per heavy atom. The van der Waals surface area contributed by atoms with Crippen molar-refractivity contribution in [3.05, 3.63) is 35.4 Å². The minimum atomic E-state index is -0.0883. The van der Waals surface area contributed by atoms with Crippen LogP contribution in [0, 0.1) is 5.92 Å². The van der Waals surface area contributed by atoms with Crippen LogP contribution >= 0.6 is 0 Å². The molecule has 1 aromatic rings. The van der Waals surface area contributed by atoms with Gasteiger partial charge in [-0.2, -0.15) is 4.99 Å². The summed E-state index contributed by atoms with van der Waals surface area (Å²) in [6.07, 6.45) is 2.66. The first kappa shape index (κ1) is 11.7. The molecule has 1 unspecified atom stereocenters. The predicted octanol–water partition coefficient (Wildman–Crippen LogP) is 3.28. The lowest BCUT2D eigenvalue weighted by Crippen LogP contribution is -1.96. The maximum atomic E-state index is 10.2. The number of isocyanates is 1. The molecule has 0 aliphatic rings. The Hall–Kier alpha value is -1.40.